The number of nitro benzene ring substituents is 1. The molecule has 0 heterocycles. The van der Waals surface area contributed by atoms with Gasteiger partial charge in [-0.25, -0.2) is 4.39 Å². The number of fused-ring (bicyclic) bond motifs is 1. The van der Waals surface area contributed by atoms with Gasteiger partial charge in [-0.1, -0.05) is 0 Å². The number of nitrogens with zero attached hydrogens (tertiary/aromatic N) is 1. The quantitative estimate of drug-likeness (QED) is 0.548. The summed E-state index contributed by atoms with van der Waals surface area (Å²) in [4.78, 5) is 10.1. The van der Waals surface area contributed by atoms with E-state index in [0.717, 1.165) is 6.07 Å². The monoisotopic (exact) mass is 196 g/mol. The number of nitrogens with two attached hydrogens (primary N) is 1. The Hall–Kier alpha value is -1.49. The Balaban J connectivity index is 2.65. The Morgan fingerprint density at radius 2 is 2.29 bits per heavy atom. The fraction of sp³-hybridized carbons (Fsp3) is 0.333. The van der Waals surface area contributed by atoms with Crippen LogP contribution in [0.15, 0.2) is 12.1 Å². The summed E-state index contributed by atoms with van der Waals surface area (Å²) in [6.45, 7) is 0. The summed E-state index contributed by atoms with van der Waals surface area (Å²) < 4.78 is 13.0. The summed E-state index contributed by atoms with van der Waals surface area (Å²) in [7, 11) is 0. The molecule has 5 heteroatoms. The Labute approximate surface area is 79.7 Å². The number of nitro groups is 1. The van der Waals surface area contributed by atoms with Crippen molar-refractivity contribution in [3.63, 3.8) is 0 Å². The maximum atomic E-state index is 13.0. The molecule has 0 amide bonds. The van der Waals surface area contributed by atoms with Gasteiger partial charge in [-0.15, -0.1) is 0 Å². The predicted octanol–water partition coefficient (Wildman–Crippen LogP) is 1.68. The summed E-state index contributed by atoms with van der Waals surface area (Å²) in [6, 6.07) is 1.94. The van der Waals surface area contributed by atoms with Gasteiger partial charge in [0.15, 0.2) is 0 Å². The minimum absolute atomic E-state index is 0.190. The van der Waals surface area contributed by atoms with E-state index in [1.54, 1.807) is 0 Å². The molecular formula is C9H9FN2O2. The molecule has 0 spiro atoms. The second kappa shape index (κ2) is 3.02. The van der Waals surface area contributed by atoms with E-state index in [2.05, 4.69) is 0 Å². The van der Waals surface area contributed by atoms with Crippen LogP contribution in [0.25, 0.3) is 0 Å². The summed E-state index contributed by atoms with van der Waals surface area (Å²) in [6.07, 6.45) is 1.27. The molecule has 1 aromatic rings. The summed E-state index contributed by atoms with van der Waals surface area (Å²) in [5.74, 6) is -0.565. The molecule has 0 saturated carbocycles. The van der Waals surface area contributed by atoms with Gasteiger partial charge in [0.05, 0.1) is 11.0 Å². The third kappa shape index (κ3) is 1.26. The first-order valence-corrected chi connectivity index (χ1v) is 4.32. The van der Waals surface area contributed by atoms with Crippen LogP contribution >= 0.6 is 0 Å². The number of benzene rings is 1. The lowest BCUT2D eigenvalue weighted by Gasteiger charge is -2.05. The van der Waals surface area contributed by atoms with Crippen LogP contribution in [0.2, 0.25) is 0 Å². The van der Waals surface area contributed by atoms with Gasteiger partial charge >= 0.3 is 0 Å². The maximum Gasteiger partial charge on any atom is 0.277 e. The number of rotatable bonds is 1. The van der Waals surface area contributed by atoms with Gasteiger partial charge in [0, 0.05) is 11.6 Å². The minimum Gasteiger partial charge on any atom is -0.324 e. The SMILES string of the molecule is NC1CCc2cc(F)cc([N+](=O)[O-])c21. The predicted molar refractivity (Wildman–Crippen MR) is 48.3 cm³/mol. The Bertz CT molecular complexity index is 406. The molecule has 2 N–H and O–H groups in total. The fourth-order valence-electron chi connectivity index (χ4n) is 1.90. The van der Waals surface area contributed by atoms with Crippen molar-refractivity contribution in [2.45, 2.75) is 18.9 Å². The Morgan fingerprint density at radius 3 is 2.93 bits per heavy atom. The summed E-state index contributed by atoms with van der Waals surface area (Å²) >= 11 is 0. The van der Waals surface area contributed by atoms with Crippen LogP contribution in [-0.2, 0) is 6.42 Å². The number of hydrogen-bond acceptors (Lipinski definition) is 3. The molecule has 1 atom stereocenters. The van der Waals surface area contributed by atoms with E-state index in [-0.39, 0.29) is 11.7 Å². The van der Waals surface area contributed by atoms with Crippen molar-refractivity contribution in [3.8, 4) is 0 Å². The van der Waals surface area contributed by atoms with E-state index in [1.165, 1.54) is 6.07 Å². The summed E-state index contributed by atoms with van der Waals surface area (Å²) in [5, 5.41) is 10.6. The van der Waals surface area contributed by atoms with Crippen molar-refractivity contribution in [1.29, 1.82) is 0 Å². The molecule has 0 aliphatic heterocycles. The van der Waals surface area contributed by atoms with Crippen LogP contribution < -0.4 is 5.73 Å². The molecule has 0 aromatic heterocycles. The molecule has 0 bridgehead atoms. The molecule has 74 valence electrons. The Morgan fingerprint density at radius 1 is 1.57 bits per heavy atom. The molecular weight excluding hydrogens is 187 g/mol. The molecule has 0 fully saturated rings. The normalized spacial score (nSPS) is 19.4. The van der Waals surface area contributed by atoms with Crippen LogP contribution in [0.5, 0.6) is 0 Å². The molecule has 0 saturated heterocycles. The average Bonchev–Trinajstić information content (AvgIpc) is 2.46. The highest BCUT2D eigenvalue weighted by atomic mass is 19.1. The summed E-state index contributed by atoms with van der Waals surface area (Å²) in [5.41, 5.74) is 6.69. The van der Waals surface area contributed by atoms with Gasteiger partial charge < -0.3 is 5.73 Å². The first kappa shape index (κ1) is 9.08. The zero-order chi connectivity index (χ0) is 10.3. The second-order valence-electron chi connectivity index (χ2n) is 3.40. The van der Waals surface area contributed by atoms with Gasteiger partial charge in [0.25, 0.3) is 5.69 Å². The molecule has 0 radical (unpaired) electrons. The molecule has 1 unspecified atom stereocenters. The zero-order valence-corrected chi connectivity index (χ0v) is 7.37. The molecule has 2 rings (SSSR count). The van der Waals surface area contributed by atoms with E-state index in [4.69, 9.17) is 5.73 Å². The van der Waals surface area contributed by atoms with E-state index < -0.39 is 10.7 Å². The highest BCUT2D eigenvalue weighted by Gasteiger charge is 2.29. The lowest BCUT2D eigenvalue weighted by molar-refractivity contribution is -0.385. The third-order valence-corrected chi connectivity index (χ3v) is 2.50. The zero-order valence-electron chi connectivity index (χ0n) is 7.37. The Kier molecular flexibility index (Phi) is 1.96. The van der Waals surface area contributed by atoms with Crippen LogP contribution in [0.3, 0.4) is 0 Å². The fourth-order valence-corrected chi connectivity index (χ4v) is 1.90. The smallest absolute Gasteiger partial charge is 0.277 e. The van der Waals surface area contributed by atoms with E-state index >= 15 is 0 Å². The van der Waals surface area contributed by atoms with Gasteiger partial charge in [-0.2, -0.15) is 0 Å². The maximum absolute atomic E-state index is 13.0. The van der Waals surface area contributed by atoms with E-state index in [0.29, 0.717) is 24.0 Å². The largest absolute Gasteiger partial charge is 0.324 e. The first-order valence-electron chi connectivity index (χ1n) is 4.32. The lowest BCUT2D eigenvalue weighted by Crippen LogP contribution is -2.08. The lowest BCUT2D eigenvalue weighted by atomic mass is 10.1. The standard InChI is InChI=1S/C9H9FN2O2/c10-6-3-5-1-2-7(11)9(5)8(4-6)12(13)14/h3-4,7H,1-2,11H2. The number of aryl methyl sites for hydroxylation is 1. The van der Waals surface area contributed by atoms with Crippen molar-refractivity contribution < 1.29 is 9.31 Å². The highest BCUT2D eigenvalue weighted by molar-refractivity contribution is 5.50. The highest BCUT2D eigenvalue weighted by Crippen LogP contribution is 2.36. The van der Waals surface area contributed by atoms with Crippen molar-refractivity contribution in [3.05, 3.63) is 39.2 Å². The van der Waals surface area contributed by atoms with Crippen LogP contribution in [0, 0.1) is 15.9 Å². The second-order valence-corrected chi connectivity index (χ2v) is 3.40. The van der Waals surface area contributed by atoms with Gasteiger partial charge in [-0.05, 0) is 24.5 Å². The van der Waals surface area contributed by atoms with Crippen molar-refractivity contribution in [2.75, 3.05) is 0 Å². The molecule has 14 heavy (non-hydrogen) atoms. The number of hydrogen-bond donors (Lipinski definition) is 1. The van der Waals surface area contributed by atoms with Crippen LogP contribution in [-0.4, -0.2) is 4.92 Å². The number of halogens is 1. The van der Waals surface area contributed by atoms with E-state index in [1.807, 2.05) is 0 Å². The topological polar surface area (TPSA) is 69.2 Å². The van der Waals surface area contributed by atoms with Crippen LogP contribution in [0.1, 0.15) is 23.6 Å². The third-order valence-electron chi connectivity index (χ3n) is 2.50. The molecule has 1 aliphatic rings. The van der Waals surface area contributed by atoms with Gasteiger partial charge in [0.2, 0.25) is 0 Å². The van der Waals surface area contributed by atoms with Crippen molar-refractivity contribution in [2.24, 2.45) is 5.73 Å². The first-order chi connectivity index (χ1) is 6.59. The van der Waals surface area contributed by atoms with Crippen molar-refractivity contribution in [1.82, 2.24) is 0 Å². The van der Waals surface area contributed by atoms with Gasteiger partial charge in [0.1, 0.15) is 5.82 Å². The average molecular weight is 196 g/mol. The van der Waals surface area contributed by atoms with Crippen LogP contribution in [0.4, 0.5) is 10.1 Å². The van der Waals surface area contributed by atoms with Gasteiger partial charge in [-0.3, -0.25) is 10.1 Å². The van der Waals surface area contributed by atoms with Crippen molar-refractivity contribution >= 4 is 5.69 Å². The molecule has 4 nitrogen and oxygen atoms in total. The van der Waals surface area contributed by atoms with E-state index in [9.17, 15) is 14.5 Å². The molecule has 1 aromatic carbocycles. The minimum atomic E-state index is -0.576. The molecule has 1 aliphatic carbocycles.